The smallest absolute Gasteiger partial charge is 0.335 e. The van der Waals surface area contributed by atoms with Crippen molar-refractivity contribution in [3.05, 3.63) is 53.1 Å². The Bertz CT molecular complexity index is 1100. The second-order valence-electron chi connectivity index (χ2n) is 5.43. The van der Waals surface area contributed by atoms with Gasteiger partial charge in [-0.05, 0) is 30.3 Å². The molecular formula is C17H11ClN4O3. The van der Waals surface area contributed by atoms with Crippen molar-refractivity contribution in [3.63, 3.8) is 0 Å². The second kappa shape index (κ2) is 5.64. The first-order valence-corrected chi connectivity index (χ1v) is 7.67. The number of aromatic hydroxyl groups is 1. The molecule has 0 saturated carbocycles. The van der Waals surface area contributed by atoms with E-state index in [1.54, 1.807) is 30.3 Å². The molecule has 0 spiro atoms. The lowest BCUT2D eigenvalue weighted by Crippen LogP contribution is -1.94. The van der Waals surface area contributed by atoms with Gasteiger partial charge in [0.2, 0.25) is 0 Å². The molecule has 4 N–H and O–H groups in total. The van der Waals surface area contributed by atoms with Gasteiger partial charge in [0, 0.05) is 10.6 Å². The van der Waals surface area contributed by atoms with Crippen LogP contribution in [0.25, 0.3) is 33.8 Å². The van der Waals surface area contributed by atoms with Crippen molar-refractivity contribution in [1.29, 1.82) is 0 Å². The second-order valence-corrected chi connectivity index (χ2v) is 5.86. The highest BCUT2D eigenvalue weighted by Crippen LogP contribution is 2.35. The van der Waals surface area contributed by atoms with Crippen molar-refractivity contribution in [2.75, 3.05) is 0 Å². The first-order chi connectivity index (χ1) is 12.0. The average Bonchev–Trinajstić information content (AvgIpc) is 3.18. The number of H-pyrrole nitrogens is 2. The number of carbonyl (C=O) groups is 1. The molecule has 0 aliphatic heterocycles. The number of carboxylic acid groups (broad SMARTS) is 1. The van der Waals surface area contributed by atoms with Crippen LogP contribution in [0.2, 0.25) is 5.02 Å². The van der Waals surface area contributed by atoms with E-state index in [9.17, 15) is 9.90 Å². The lowest BCUT2D eigenvalue weighted by atomic mass is 10.1. The third kappa shape index (κ3) is 2.60. The topological polar surface area (TPSA) is 115 Å². The molecule has 0 aliphatic carbocycles. The maximum absolute atomic E-state index is 11.1. The number of benzene rings is 2. The molecule has 0 radical (unpaired) electrons. The summed E-state index contributed by atoms with van der Waals surface area (Å²) in [6.45, 7) is 0. The Balaban J connectivity index is 1.78. The zero-order chi connectivity index (χ0) is 17.6. The first kappa shape index (κ1) is 15.2. The SMILES string of the molecule is O=C(O)c1ccc2nc(-c3[nH]nc(-c4ccc(Cl)cc4)c3O)[nH]c2c1. The highest BCUT2D eigenvalue weighted by Gasteiger charge is 2.18. The minimum absolute atomic E-state index is 0.0557. The number of rotatable bonds is 3. The molecule has 2 aromatic carbocycles. The van der Waals surface area contributed by atoms with E-state index < -0.39 is 5.97 Å². The van der Waals surface area contributed by atoms with Gasteiger partial charge in [0.25, 0.3) is 0 Å². The van der Waals surface area contributed by atoms with E-state index >= 15 is 0 Å². The normalized spacial score (nSPS) is 11.1. The van der Waals surface area contributed by atoms with E-state index in [4.69, 9.17) is 16.7 Å². The van der Waals surface area contributed by atoms with E-state index in [0.29, 0.717) is 38.8 Å². The summed E-state index contributed by atoms with van der Waals surface area (Å²) in [5.74, 6) is -0.713. The van der Waals surface area contributed by atoms with Crippen molar-refractivity contribution < 1.29 is 15.0 Å². The summed E-state index contributed by atoms with van der Waals surface area (Å²) in [6, 6.07) is 11.5. The summed E-state index contributed by atoms with van der Waals surface area (Å²) >= 11 is 5.87. The van der Waals surface area contributed by atoms with Gasteiger partial charge in [0.05, 0.1) is 16.6 Å². The molecule has 2 aromatic heterocycles. The number of hydrogen-bond donors (Lipinski definition) is 4. The molecule has 4 aromatic rings. The van der Waals surface area contributed by atoms with Crippen molar-refractivity contribution >= 4 is 28.6 Å². The Morgan fingerprint density at radius 3 is 2.60 bits per heavy atom. The fraction of sp³-hybridized carbons (Fsp3) is 0. The van der Waals surface area contributed by atoms with Crippen LogP contribution in [0.1, 0.15) is 10.4 Å². The van der Waals surface area contributed by atoms with Crippen LogP contribution in [0, 0.1) is 0 Å². The van der Waals surface area contributed by atoms with E-state index in [0.717, 1.165) is 0 Å². The zero-order valence-electron chi connectivity index (χ0n) is 12.6. The molecule has 25 heavy (non-hydrogen) atoms. The molecule has 0 unspecified atom stereocenters. The van der Waals surface area contributed by atoms with E-state index in [2.05, 4.69) is 20.2 Å². The third-order valence-electron chi connectivity index (χ3n) is 3.82. The van der Waals surface area contributed by atoms with Crippen LogP contribution in [0.15, 0.2) is 42.5 Å². The molecule has 4 rings (SSSR count). The molecule has 0 amide bonds. The van der Waals surface area contributed by atoms with Crippen LogP contribution in [-0.4, -0.2) is 36.3 Å². The Hall–Kier alpha value is -3.32. The maximum atomic E-state index is 11.1. The number of imidazole rings is 1. The monoisotopic (exact) mass is 354 g/mol. The minimum atomic E-state index is -1.02. The summed E-state index contributed by atoms with van der Waals surface area (Å²) in [5, 5.41) is 27.0. The van der Waals surface area contributed by atoms with Gasteiger partial charge in [0.15, 0.2) is 11.6 Å². The molecule has 0 fully saturated rings. The summed E-state index contributed by atoms with van der Waals surface area (Å²) in [4.78, 5) is 18.4. The number of carboxylic acids is 1. The van der Waals surface area contributed by atoms with Crippen LogP contribution in [0.5, 0.6) is 5.75 Å². The van der Waals surface area contributed by atoms with Crippen molar-refractivity contribution in [2.45, 2.75) is 0 Å². The number of fused-ring (bicyclic) bond motifs is 1. The number of aromatic carboxylic acids is 1. The van der Waals surface area contributed by atoms with Gasteiger partial charge in [-0.15, -0.1) is 0 Å². The van der Waals surface area contributed by atoms with Crippen LogP contribution in [0.3, 0.4) is 0 Å². The molecule has 8 heteroatoms. The summed E-state index contributed by atoms with van der Waals surface area (Å²) in [5.41, 5.74) is 2.68. The largest absolute Gasteiger partial charge is 0.504 e. The van der Waals surface area contributed by atoms with Gasteiger partial charge < -0.3 is 15.2 Å². The quantitative estimate of drug-likeness (QED) is 0.448. The van der Waals surface area contributed by atoms with Crippen LogP contribution >= 0.6 is 11.6 Å². The molecule has 124 valence electrons. The van der Waals surface area contributed by atoms with Crippen LogP contribution in [-0.2, 0) is 0 Å². The van der Waals surface area contributed by atoms with Crippen LogP contribution < -0.4 is 0 Å². The molecule has 0 aliphatic rings. The number of aromatic amines is 2. The average molecular weight is 355 g/mol. The van der Waals surface area contributed by atoms with Gasteiger partial charge in [-0.2, -0.15) is 5.10 Å². The Morgan fingerprint density at radius 1 is 1.12 bits per heavy atom. The predicted octanol–water partition coefficient (Wildman–Crippen LogP) is 3.68. The van der Waals surface area contributed by atoms with Crippen LogP contribution in [0.4, 0.5) is 0 Å². The summed E-state index contributed by atoms with van der Waals surface area (Å²) in [7, 11) is 0. The number of halogens is 1. The van der Waals surface area contributed by atoms with Gasteiger partial charge in [-0.1, -0.05) is 23.7 Å². The molecule has 7 nitrogen and oxygen atoms in total. The fourth-order valence-electron chi connectivity index (χ4n) is 2.57. The zero-order valence-corrected chi connectivity index (χ0v) is 13.4. The molecule has 0 atom stereocenters. The standard InChI is InChI=1S/C17H11ClN4O3/c18-10-4-1-8(2-5-10)13-15(23)14(22-21-13)16-19-11-6-3-9(17(24)25)7-12(11)20-16/h1-7,23H,(H,19,20)(H,21,22)(H,24,25). The van der Waals surface area contributed by atoms with Crippen molar-refractivity contribution in [2.24, 2.45) is 0 Å². The van der Waals surface area contributed by atoms with Gasteiger partial charge in [-0.3, -0.25) is 5.10 Å². The van der Waals surface area contributed by atoms with Crippen molar-refractivity contribution in [3.8, 4) is 28.5 Å². The highest BCUT2D eigenvalue weighted by atomic mass is 35.5. The number of hydrogen-bond acceptors (Lipinski definition) is 4. The van der Waals surface area contributed by atoms with E-state index in [1.165, 1.54) is 12.1 Å². The Morgan fingerprint density at radius 2 is 1.88 bits per heavy atom. The van der Waals surface area contributed by atoms with Gasteiger partial charge >= 0.3 is 5.97 Å². The summed E-state index contributed by atoms with van der Waals surface area (Å²) < 4.78 is 0. The van der Waals surface area contributed by atoms with Gasteiger partial charge in [0.1, 0.15) is 11.4 Å². The Kier molecular flexibility index (Phi) is 3.43. The minimum Gasteiger partial charge on any atom is -0.504 e. The fourth-order valence-corrected chi connectivity index (χ4v) is 2.70. The van der Waals surface area contributed by atoms with E-state index in [1.807, 2.05) is 0 Å². The number of nitrogens with zero attached hydrogens (tertiary/aromatic N) is 2. The van der Waals surface area contributed by atoms with Gasteiger partial charge in [-0.25, -0.2) is 9.78 Å². The maximum Gasteiger partial charge on any atom is 0.335 e. The first-order valence-electron chi connectivity index (χ1n) is 7.29. The Labute approximate surface area is 145 Å². The predicted molar refractivity (Wildman–Crippen MR) is 92.7 cm³/mol. The lowest BCUT2D eigenvalue weighted by molar-refractivity contribution is 0.0697. The molecule has 2 heterocycles. The molecule has 0 bridgehead atoms. The van der Waals surface area contributed by atoms with Crippen molar-refractivity contribution in [1.82, 2.24) is 20.2 Å². The lowest BCUT2D eigenvalue weighted by Gasteiger charge is -1.98. The summed E-state index contributed by atoms with van der Waals surface area (Å²) in [6.07, 6.45) is 0. The number of nitrogens with one attached hydrogen (secondary N) is 2. The third-order valence-corrected chi connectivity index (χ3v) is 4.08. The number of aromatic nitrogens is 4. The molecule has 0 saturated heterocycles. The highest BCUT2D eigenvalue weighted by molar-refractivity contribution is 6.30. The molecular weight excluding hydrogens is 344 g/mol. The van der Waals surface area contributed by atoms with E-state index in [-0.39, 0.29) is 11.3 Å².